The van der Waals surface area contributed by atoms with Gasteiger partial charge in [0.2, 0.25) is 0 Å². The van der Waals surface area contributed by atoms with Crippen molar-refractivity contribution in [2.75, 3.05) is 0 Å². The van der Waals surface area contributed by atoms with E-state index in [9.17, 15) is 0 Å². The molecule has 0 aliphatic rings. The lowest BCUT2D eigenvalue weighted by Crippen LogP contribution is -1.86. The van der Waals surface area contributed by atoms with E-state index in [4.69, 9.17) is 8.83 Å². The van der Waals surface area contributed by atoms with E-state index in [0.717, 1.165) is 42.3 Å². The first-order chi connectivity index (χ1) is 7.65. The molecule has 0 saturated carbocycles. The molecule has 0 atom stereocenters. The van der Waals surface area contributed by atoms with Gasteiger partial charge in [-0.05, 0) is 51.0 Å². The van der Waals surface area contributed by atoms with Crippen LogP contribution in [0.1, 0.15) is 35.0 Å². The lowest BCUT2D eigenvalue weighted by molar-refractivity contribution is 0.455. The van der Waals surface area contributed by atoms with Crippen molar-refractivity contribution in [1.29, 1.82) is 0 Å². The summed E-state index contributed by atoms with van der Waals surface area (Å²) in [6, 6.07) is 6.19. The molecule has 0 saturated heterocycles. The van der Waals surface area contributed by atoms with Crippen LogP contribution in [0.3, 0.4) is 0 Å². The molecular weight excluding hydrogens is 200 g/mol. The molecule has 0 unspecified atom stereocenters. The molecular formula is C14H18O2. The van der Waals surface area contributed by atoms with Crippen LogP contribution in [-0.4, -0.2) is 0 Å². The lowest BCUT2D eigenvalue weighted by Gasteiger charge is -1.96. The molecule has 0 spiro atoms. The van der Waals surface area contributed by atoms with Gasteiger partial charge in [-0.15, -0.1) is 0 Å². The summed E-state index contributed by atoms with van der Waals surface area (Å²) in [5, 5.41) is 0. The quantitative estimate of drug-likeness (QED) is 0.776. The zero-order valence-corrected chi connectivity index (χ0v) is 10.2. The smallest absolute Gasteiger partial charge is 0.104 e. The van der Waals surface area contributed by atoms with Gasteiger partial charge in [0.1, 0.15) is 23.0 Å². The Kier molecular flexibility index (Phi) is 3.18. The standard InChI is InChI=1S/C14H18O2/c1-10-9-14(16-12(10)3)6-4-5-13-8-7-11(2)15-13/h7-9H,4-6H2,1-3H3. The molecule has 2 heterocycles. The SMILES string of the molecule is Cc1ccc(CCCc2cc(C)c(C)o2)o1. The Labute approximate surface area is 96.3 Å². The van der Waals surface area contributed by atoms with Gasteiger partial charge >= 0.3 is 0 Å². The largest absolute Gasteiger partial charge is 0.466 e. The van der Waals surface area contributed by atoms with Gasteiger partial charge in [-0.3, -0.25) is 0 Å². The third-order valence-corrected chi connectivity index (χ3v) is 2.86. The van der Waals surface area contributed by atoms with E-state index in [0.29, 0.717) is 0 Å². The minimum Gasteiger partial charge on any atom is -0.466 e. The summed E-state index contributed by atoms with van der Waals surface area (Å²) < 4.78 is 11.1. The highest BCUT2D eigenvalue weighted by atomic mass is 16.3. The summed E-state index contributed by atoms with van der Waals surface area (Å²) in [6.07, 6.45) is 3.03. The van der Waals surface area contributed by atoms with Gasteiger partial charge in [-0.2, -0.15) is 0 Å². The molecule has 2 aromatic heterocycles. The average Bonchev–Trinajstić information content (AvgIpc) is 2.75. The summed E-state index contributed by atoms with van der Waals surface area (Å²) in [6.45, 7) is 6.07. The first-order valence-corrected chi connectivity index (χ1v) is 5.76. The van der Waals surface area contributed by atoms with Crippen LogP contribution in [0.2, 0.25) is 0 Å². The minimum atomic E-state index is 0.979. The van der Waals surface area contributed by atoms with Crippen LogP contribution in [-0.2, 0) is 12.8 Å². The van der Waals surface area contributed by atoms with Crippen molar-refractivity contribution in [3.8, 4) is 0 Å². The Morgan fingerprint density at radius 3 is 2.25 bits per heavy atom. The number of aryl methyl sites for hydroxylation is 5. The Bertz CT molecular complexity index is 443. The normalized spacial score (nSPS) is 10.9. The second-order valence-electron chi connectivity index (χ2n) is 4.32. The van der Waals surface area contributed by atoms with Crippen LogP contribution in [0.25, 0.3) is 0 Å². The third-order valence-electron chi connectivity index (χ3n) is 2.86. The van der Waals surface area contributed by atoms with E-state index in [1.807, 2.05) is 26.0 Å². The van der Waals surface area contributed by atoms with Crippen molar-refractivity contribution in [1.82, 2.24) is 0 Å². The molecule has 2 aromatic rings. The molecule has 0 radical (unpaired) electrons. The Morgan fingerprint density at radius 1 is 0.938 bits per heavy atom. The van der Waals surface area contributed by atoms with E-state index in [1.165, 1.54) is 5.56 Å². The predicted octanol–water partition coefficient (Wildman–Crippen LogP) is 3.97. The highest BCUT2D eigenvalue weighted by Gasteiger charge is 2.04. The fourth-order valence-electron chi connectivity index (χ4n) is 1.83. The van der Waals surface area contributed by atoms with Crippen LogP contribution in [0, 0.1) is 20.8 Å². The summed E-state index contributed by atoms with van der Waals surface area (Å²) in [4.78, 5) is 0. The Hall–Kier alpha value is -1.44. The monoisotopic (exact) mass is 218 g/mol. The lowest BCUT2D eigenvalue weighted by atomic mass is 10.1. The molecule has 0 aliphatic heterocycles. The maximum atomic E-state index is 5.63. The molecule has 2 rings (SSSR count). The Balaban J connectivity index is 1.84. The molecule has 2 nitrogen and oxygen atoms in total. The van der Waals surface area contributed by atoms with Gasteiger partial charge in [0, 0.05) is 12.8 Å². The fraction of sp³-hybridized carbons (Fsp3) is 0.429. The summed E-state index contributed by atoms with van der Waals surface area (Å²) >= 11 is 0. The van der Waals surface area contributed by atoms with Gasteiger partial charge in [0.25, 0.3) is 0 Å². The van der Waals surface area contributed by atoms with Crippen LogP contribution >= 0.6 is 0 Å². The summed E-state index contributed by atoms with van der Waals surface area (Å²) in [7, 11) is 0. The second-order valence-corrected chi connectivity index (χ2v) is 4.32. The molecule has 0 aromatic carbocycles. The van der Waals surface area contributed by atoms with E-state index in [-0.39, 0.29) is 0 Å². The van der Waals surface area contributed by atoms with E-state index in [2.05, 4.69) is 13.0 Å². The average molecular weight is 218 g/mol. The summed E-state index contributed by atoms with van der Waals surface area (Å²) in [5.41, 5.74) is 1.24. The van der Waals surface area contributed by atoms with Gasteiger partial charge in [-0.1, -0.05) is 0 Å². The first-order valence-electron chi connectivity index (χ1n) is 5.76. The van der Waals surface area contributed by atoms with E-state index >= 15 is 0 Å². The van der Waals surface area contributed by atoms with Crippen molar-refractivity contribution in [3.63, 3.8) is 0 Å². The number of hydrogen-bond acceptors (Lipinski definition) is 2. The van der Waals surface area contributed by atoms with Crippen molar-refractivity contribution >= 4 is 0 Å². The van der Waals surface area contributed by atoms with Crippen LogP contribution in [0.5, 0.6) is 0 Å². The number of furan rings is 2. The van der Waals surface area contributed by atoms with Crippen molar-refractivity contribution in [2.45, 2.75) is 40.0 Å². The minimum absolute atomic E-state index is 0.979. The first kappa shape index (κ1) is 11.1. The van der Waals surface area contributed by atoms with Gasteiger partial charge < -0.3 is 8.83 Å². The van der Waals surface area contributed by atoms with Crippen molar-refractivity contribution in [3.05, 3.63) is 46.8 Å². The zero-order chi connectivity index (χ0) is 11.5. The highest BCUT2D eigenvalue weighted by Crippen LogP contribution is 2.16. The van der Waals surface area contributed by atoms with Crippen LogP contribution in [0.15, 0.2) is 27.0 Å². The fourth-order valence-corrected chi connectivity index (χ4v) is 1.83. The molecule has 0 amide bonds. The molecule has 16 heavy (non-hydrogen) atoms. The van der Waals surface area contributed by atoms with Crippen molar-refractivity contribution in [2.24, 2.45) is 0 Å². The topological polar surface area (TPSA) is 26.3 Å². The van der Waals surface area contributed by atoms with Crippen molar-refractivity contribution < 1.29 is 8.83 Å². The number of hydrogen-bond donors (Lipinski definition) is 0. The van der Waals surface area contributed by atoms with E-state index in [1.54, 1.807) is 0 Å². The molecule has 0 N–H and O–H groups in total. The maximum Gasteiger partial charge on any atom is 0.104 e. The zero-order valence-electron chi connectivity index (χ0n) is 10.2. The number of rotatable bonds is 4. The van der Waals surface area contributed by atoms with E-state index < -0.39 is 0 Å². The van der Waals surface area contributed by atoms with Crippen LogP contribution in [0.4, 0.5) is 0 Å². The molecule has 86 valence electrons. The molecule has 0 aliphatic carbocycles. The molecule has 0 bridgehead atoms. The van der Waals surface area contributed by atoms with Crippen LogP contribution < -0.4 is 0 Å². The highest BCUT2D eigenvalue weighted by molar-refractivity contribution is 5.18. The summed E-state index contributed by atoms with van der Waals surface area (Å²) in [5.74, 6) is 4.17. The van der Waals surface area contributed by atoms with Gasteiger partial charge in [-0.25, -0.2) is 0 Å². The van der Waals surface area contributed by atoms with Gasteiger partial charge in [0.05, 0.1) is 0 Å². The third kappa shape index (κ3) is 2.57. The van der Waals surface area contributed by atoms with Gasteiger partial charge in [0.15, 0.2) is 0 Å². The predicted molar refractivity (Wildman–Crippen MR) is 63.7 cm³/mol. The second kappa shape index (κ2) is 4.60. The molecule has 2 heteroatoms. The maximum absolute atomic E-state index is 5.63. The Morgan fingerprint density at radius 2 is 1.69 bits per heavy atom. The molecule has 0 fully saturated rings.